The molecule has 1 aliphatic carbocycles. The van der Waals surface area contributed by atoms with Gasteiger partial charge in [0.25, 0.3) is 0 Å². The Bertz CT molecular complexity index is 537. The maximum atomic E-state index is 12.6. The Hall–Kier alpha value is -1.25. The number of guanidine groups is 1. The molecule has 2 N–H and O–H groups in total. The van der Waals surface area contributed by atoms with Crippen LogP contribution in [0.1, 0.15) is 38.4 Å². The molecule has 6 nitrogen and oxygen atoms in total. The van der Waals surface area contributed by atoms with Crippen LogP contribution in [0.3, 0.4) is 0 Å². The van der Waals surface area contributed by atoms with Crippen molar-refractivity contribution in [3.05, 3.63) is 24.2 Å². The zero-order valence-corrected chi connectivity index (χ0v) is 17.8. The minimum atomic E-state index is -0.327. The lowest BCUT2D eigenvalue weighted by molar-refractivity contribution is -0.138. The van der Waals surface area contributed by atoms with Gasteiger partial charge in [-0.2, -0.15) is 0 Å². The van der Waals surface area contributed by atoms with E-state index in [1.165, 1.54) is 0 Å². The Balaban J connectivity index is 0.00000312. The molecular weight excluding hydrogens is 431 g/mol. The van der Waals surface area contributed by atoms with Gasteiger partial charge >= 0.3 is 0 Å². The second-order valence-electron chi connectivity index (χ2n) is 6.64. The molecule has 1 amide bonds. The predicted octanol–water partition coefficient (Wildman–Crippen LogP) is 2.64. The average molecular weight is 462 g/mol. The minimum Gasteiger partial charge on any atom is -0.469 e. The first-order chi connectivity index (χ1) is 11.6. The molecule has 1 aromatic rings. The van der Waals surface area contributed by atoms with Gasteiger partial charge in [0.05, 0.1) is 18.2 Å². The summed E-state index contributed by atoms with van der Waals surface area (Å²) in [5.41, 5.74) is -0.327. The highest BCUT2D eigenvalue weighted by Gasteiger charge is 2.41. The van der Waals surface area contributed by atoms with E-state index in [4.69, 9.17) is 9.41 Å². The molecule has 7 heteroatoms. The van der Waals surface area contributed by atoms with Crippen LogP contribution in [0.4, 0.5) is 0 Å². The van der Waals surface area contributed by atoms with E-state index in [2.05, 4.69) is 10.6 Å². The fourth-order valence-corrected chi connectivity index (χ4v) is 3.30. The lowest BCUT2D eigenvalue weighted by Crippen LogP contribution is -2.43. The molecule has 0 aliphatic heterocycles. The molecule has 1 fully saturated rings. The Morgan fingerprint density at radius 3 is 2.60 bits per heavy atom. The Kier molecular flexibility index (Phi) is 9.31. The molecule has 0 atom stereocenters. The number of hydrogen-bond acceptors (Lipinski definition) is 3. The molecule has 0 aromatic carbocycles. The third kappa shape index (κ3) is 6.20. The second kappa shape index (κ2) is 10.7. The number of halogens is 1. The number of carbonyl (C=O) groups is 1. The van der Waals surface area contributed by atoms with Crippen LogP contribution in [-0.2, 0) is 11.2 Å². The van der Waals surface area contributed by atoms with Crippen molar-refractivity contribution < 1.29 is 9.21 Å². The standard InChI is InChI=1S/C18H30N4O2.HI/c1-4-19-17(20-12-9-15-8-7-13-24-15)21-14-18(10-5-6-11-18)16(23)22(2)3;/h7-8,13H,4-6,9-12,14H2,1-3H3,(H2,19,20,21);1H. The summed E-state index contributed by atoms with van der Waals surface area (Å²) >= 11 is 0. The SMILES string of the molecule is CCNC(=NCC1(C(=O)N(C)C)CCCC1)NCCc1ccco1.I. The number of amides is 1. The van der Waals surface area contributed by atoms with E-state index < -0.39 is 0 Å². The lowest BCUT2D eigenvalue weighted by atomic mass is 9.85. The highest BCUT2D eigenvalue weighted by molar-refractivity contribution is 14.0. The van der Waals surface area contributed by atoms with Gasteiger partial charge in [0, 0.05) is 33.6 Å². The van der Waals surface area contributed by atoms with E-state index in [0.29, 0.717) is 6.54 Å². The summed E-state index contributed by atoms with van der Waals surface area (Å²) < 4.78 is 5.34. The van der Waals surface area contributed by atoms with E-state index in [9.17, 15) is 4.79 Å². The van der Waals surface area contributed by atoms with Crippen molar-refractivity contribution in [2.75, 3.05) is 33.7 Å². The average Bonchev–Trinajstić information content (AvgIpc) is 3.24. The van der Waals surface area contributed by atoms with Gasteiger partial charge in [-0.05, 0) is 31.9 Å². The van der Waals surface area contributed by atoms with Gasteiger partial charge in [-0.1, -0.05) is 12.8 Å². The van der Waals surface area contributed by atoms with Gasteiger partial charge in [0.1, 0.15) is 5.76 Å². The van der Waals surface area contributed by atoms with Gasteiger partial charge < -0.3 is 20.0 Å². The van der Waals surface area contributed by atoms with Gasteiger partial charge in [-0.3, -0.25) is 9.79 Å². The first-order valence-corrected chi connectivity index (χ1v) is 8.84. The van der Waals surface area contributed by atoms with E-state index in [1.807, 2.05) is 33.2 Å². The van der Waals surface area contributed by atoms with Crippen LogP contribution in [0.5, 0.6) is 0 Å². The normalized spacial score (nSPS) is 16.2. The molecular formula is C18H31IN4O2. The largest absolute Gasteiger partial charge is 0.469 e. The van der Waals surface area contributed by atoms with E-state index >= 15 is 0 Å². The summed E-state index contributed by atoms with van der Waals surface area (Å²) in [6, 6.07) is 3.86. The molecule has 1 aromatic heterocycles. The summed E-state index contributed by atoms with van der Waals surface area (Å²) in [6.45, 7) is 4.12. The van der Waals surface area contributed by atoms with E-state index in [0.717, 1.165) is 56.9 Å². The predicted molar refractivity (Wildman–Crippen MR) is 111 cm³/mol. The molecule has 25 heavy (non-hydrogen) atoms. The van der Waals surface area contributed by atoms with Gasteiger partial charge in [0.2, 0.25) is 5.91 Å². The Morgan fingerprint density at radius 1 is 1.32 bits per heavy atom. The quantitative estimate of drug-likeness (QED) is 0.372. The van der Waals surface area contributed by atoms with Crippen molar-refractivity contribution in [3.8, 4) is 0 Å². The summed E-state index contributed by atoms with van der Waals surface area (Å²) in [6.07, 6.45) is 6.57. The molecule has 1 aliphatic rings. The molecule has 0 radical (unpaired) electrons. The fraction of sp³-hybridized carbons (Fsp3) is 0.667. The lowest BCUT2D eigenvalue weighted by Gasteiger charge is -2.29. The number of nitrogens with zero attached hydrogens (tertiary/aromatic N) is 2. The van der Waals surface area contributed by atoms with Gasteiger partial charge in [-0.25, -0.2) is 0 Å². The molecule has 0 unspecified atom stereocenters. The summed E-state index contributed by atoms with van der Waals surface area (Å²) in [4.78, 5) is 19.0. The molecule has 1 heterocycles. The molecule has 0 saturated heterocycles. The number of nitrogens with one attached hydrogen (secondary N) is 2. The maximum absolute atomic E-state index is 12.6. The highest BCUT2D eigenvalue weighted by atomic mass is 127. The van der Waals surface area contributed by atoms with E-state index in [1.54, 1.807) is 11.2 Å². The number of rotatable bonds is 7. The van der Waals surface area contributed by atoms with Gasteiger partial charge in [-0.15, -0.1) is 24.0 Å². The third-order valence-electron chi connectivity index (χ3n) is 4.55. The summed E-state index contributed by atoms with van der Waals surface area (Å²) in [5.74, 6) is 1.92. The van der Waals surface area contributed by atoms with Crippen LogP contribution < -0.4 is 10.6 Å². The van der Waals surface area contributed by atoms with Crippen LogP contribution in [0.25, 0.3) is 0 Å². The van der Waals surface area contributed by atoms with Crippen molar-refractivity contribution in [2.45, 2.75) is 39.0 Å². The Labute approximate surface area is 167 Å². The molecule has 1 saturated carbocycles. The Morgan fingerprint density at radius 2 is 2.04 bits per heavy atom. The maximum Gasteiger partial charge on any atom is 0.230 e. The topological polar surface area (TPSA) is 69.9 Å². The smallest absolute Gasteiger partial charge is 0.230 e. The highest BCUT2D eigenvalue weighted by Crippen LogP contribution is 2.39. The van der Waals surface area contributed by atoms with Crippen LogP contribution in [0.2, 0.25) is 0 Å². The fourth-order valence-electron chi connectivity index (χ4n) is 3.30. The van der Waals surface area contributed by atoms with Crippen molar-refractivity contribution in [1.29, 1.82) is 0 Å². The zero-order valence-electron chi connectivity index (χ0n) is 15.5. The first kappa shape index (κ1) is 21.8. The first-order valence-electron chi connectivity index (χ1n) is 8.84. The molecule has 0 bridgehead atoms. The molecule has 2 rings (SSSR count). The number of carbonyl (C=O) groups excluding carboxylic acids is 1. The zero-order chi connectivity index (χ0) is 17.4. The van der Waals surface area contributed by atoms with Gasteiger partial charge in [0.15, 0.2) is 5.96 Å². The van der Waals surface area contributed by atoms with Crippen LogP contribution in [0, 0.1) is 5.41 Å². The minimum absolute atomic E-state index is 0. The third-order valence-corrected chi connectivity index (χ3v) is 4.55. The van der Waals surface area contributed by atoms with Crippen LogP contribution in [-0.4, -0.2) is 50.5 Å². The molecule has 0 spiro atoms. The monoisotopic (exact) mass is 462 g/mol. The van der Waals surface area contributed by atoms with Crippen molar-refractivity contribution in [2.24, 2.45) is 10.4 Å². The van der Waals surface area contributed by atoms with E-state index in [-0.39, 0.29) is 35.3 Å². The van der Waals surface area contributed by atoms with Crippen LogP contribution in [0.15, 0.2) is 27.8 Å². The second-order valence-corrected chi connectivity index (χ2v) is 6.64. The van der Waals surface area contributed by atoms with Crippen molar-refractivity contribution >= 4 is 35.8 Å². The number of aliphatic imine (C=N–C) groups is 1. The number of hydrogen-bond donors (Lipinski definition) is 2. The summed E-state index contributed by atoms with van der Waals surface area (Å²) in [5, 5.41) is 6.58. The van der Waals surface area contributed by atoms with Crippen LogP contribution >= 0.6 is 24.0 Å². The van der Waals surface area contributed by atoms with Crippen molar-refractivity contribution in [1.82, 2.24) is 15.5 Å². The molecule has 142 valence electrons. The summed E-state index contributed by atoms with van der Waals surface area (Å²) in [7, 11) is 3.66. The van der Waals surface area contributed by atoms with Crippen molar-refractivity contribution in [3.63, 3.8) is 0 Å². The number of furan rings is 1.